The molecule has 0 saturated carbocycles. The van der Waals surface area contributed by atoms with Gasteiger partial charge in [-0.15, -0.1) is 0 Å². The van der Waals surface area contributed by atoms with Gasteiger partial charge in [0, 0.05) is 22.3 Å². The summed E-state index contributed by atoms with van der Waals surface area (Å²) in [4.78, 5) is 63.6. The van der Waals surface area contributed by atoms with Crippen LogP contribution in [0.5, 0.6) is 0 Å². The number of amides is 2. The van der Waals surface area contributed by atoms with Crippen molar-refractivity contribution in [2.24, 2.45) is 0 Å². The first-order valence-electron chi connectivity index (χ1n) is 10.8. The SMILES string of the molecule is CCOC(=O)C1=C(COC(=O)c2cccc3c2C(=O)c2ccccc2C3=O)NC(=O)NC1CC. The lowest BCUT2D eigenvalue weighted by atomic mass is 9.82. The zero-order valence-corrected chi connectivity index (χ0v) is 18.6. The van der Waals surface area contributed by atoms with Crippen LogP contribution >= 0.6 is 0 Å². The molecule has 1 aliphatic heterocycles. The van der Waals surface area contributed by atoms with E-state index in [9.17, 15) is 24.0 Å². The Morgan fingerprint density at radius 2 is 1.53 bits per heavy atom. The van der Waals surface area contributed by atoms with E-state index in [-0.39, 0.29) is 51.5 Å². The molecule has 9 nitrogen and oxygen atoms in total. The van der Waals surface area contributed by atoms with Crippen molar-refractivity contribution in [3.63, 3.8) is 0 Å². The number of carbonyl (C=O) groups excluding carboxylic acids is 5. The van der Waals surface area contributed by atoms with Crippen molar-refractivity contribution in [3.8, 4) is 0 Å². The van der Waals surface area contributed by atoms with Gasteiger partial charge in [-0.3, -0.25) is 9.59 Å². The number of carbonyl (C=O) groups is 5. The van der Waals surface area contributed by atoms with Gasteiger partial charge in [0.15, 0.2) is 11.6 Å². The lowest BCUT2D eigenvalue weighted by molar-refractivity contribution is -0.139. The Kier molecular flexibility index (Phi) is 6.27. The zero-order chi connectivity index (χ0) is 24.4. The molecule has 1 heterocycles. The van der Waals surface area contributed by atoms with Gasteiger partial charge < -0.3 is 20.1 Å². The number of ether oxygens (including phenoxy) is 2. The van der Waals surface area contributed by atoms with E-state index in [1.54, 1.807) is 32.0 Å². The topological polar surface area (TPSA) is 128 Å². The third-order valence-corrected chi connectivity index (χ3v) is 5.67. The summed E-state index contributed by atoms with van der Waals surface area (Å²) >= 11 is 0. The molecular weight excluding hydrogens is 440 g/mol. The van der Waals surface area contributed by atoms with Gasteiger partial charge in [0.25, 0.3) is 0 Å². The maximum atomic E-state index is 13.1. The average molecular weight is 462 g/mol. The quantitative estimate of drug-likeness (QED) is 0.539. The van der Waals surface area contributed by atoms with Crippen LogP contribution in [0.15, 0.2) is 53.7 Å². The Labute approximate surface area is 195 Å². The van der Waals surface area contributed by atoms with E-state index in [4.69, 9.17) is 9.47 Å². The first-order valence-corrected chi connectivity index (χ1v) is 10.8. The predicted octanol–water partition coefficient (Wildman–Crippen LogP) is 2.53. The summed E-state index contributed by atoms with van der Waals surface area (Å²) in [5, 5.41) is 5.13. The molecule has 0 saturated heterocycles. The van der Waals surface area contributed by atoms with Crippen LogP contribution in [0.1, 0.15) is 62.5 Å². The lowest BCUT2D eigenvalue weighted by Gasteiger charge is -2.28. The molecule has 2 aliphatic rings. The van der Waals surface area contributed by atoms with Crippen LogP contribution in [0.4, 0.5) is 4.79 Å². The highest BCUT2D eigenvalue weighted by molar-refractivity contribution is 6.30. The normalized spacial score (nSPS) is 16.8. The molecule has 1 aliphatic carbocycles. The highest BCUT2D eigenvalue weighted by Crippen LogP contribution is 2.30. The fourth-order valence-corrected chi connectivity index (χ4v) is 4.11. The molecular formula is C25H22N2O7. The number of nitrogens with one attached hydrogen (secondary N) is 2. The molecule has 0 bridgehead atoms. The molecule has 4 rings (SSSR count). The summed E-state index contributed by atoms with van der Waals surface area (Å²) in [5.41, 5.74) is 0.756. The molecule has 2 aromatic rings. The Morgan fingerprint density at radius 3 is 2.21 bits per heavy atom. The van der Waals surface area contributed by atoms with E-state index in [1.165, 1.54) is 24.3 Å². The lowest BCUT2D eigenvalue weighted by Crippen LogP contribution is -2.51. The van der Waals surface area contributed by atoms with Crippen molar-refractivity contribution < 1.29 is 33.4 Å². The minimum absolute atomic E-state index is 0.0309. The number of ketones is 2. The third kappa shape index (κ3) is 3.96. The van der Waals surface area contributed by atoms with Crippen molar-refractivity contribution in [2.75, 3.05) is 13.2 Å². The summed E-state index contributed by atoms with van der Waals surface area (Å²) in [6.45, 7) is 3.14. The summed E-state index contributed by atoms with van der Waals surface area (Å²) in [6.07, 6.45) is 0.418. The minimum Gasteiger partial charge on any atom is -0.463 e. The predicted molar refractivity (Wildman–Crippen MR) is 119 cm³/mol. The van der Waals surface area contributed by atoms with Crippen molar-refractivity contribution in [3.05, 3.63) is 81.6 Å². The van der Waals surface area contributed by atoms with Crippen LogP contribution in [-0.4, -0.2) is 48.8 Å². The standard InChI is InChI=1S/C25H22N2O7/c1-3-17-20(24(31)33-4-2)18(27-25(32)26-17)12-34-23(30)16-11-7-10-15-19(16)22(29)14-9-6-5-8-13(14)21(15)28/h5-11,17H,3-4,12H2,1-2H3,(H2,26,27,32). The number of rotatable bonds is 6. The van der Waals surface area contributed by atoms with Crippen molar-refractivity contribution in [1.82, 2.24) is 10.6 Å². The van der Waals surface area contributed by atoms with Crippen molar-refractivity contribution >= 4 is 29.5 Å². The van der Waals surface area contributed by atoms with Gasteiger partial charge in [0.1, 0.15) is 6.61 Å². The molecule has 34 heavy (non-hydrogen) atoms. The summed E-state index contributed by atoms with van der Waals surface area (Å²) in [6, 6.07) is 9.64. The molecule has 2 amide bonds. The second-order valence-corrected chi connectivity index (χ2v) is 7.68. The number of hydrogen-bond donors (Lipinski definition) is 2. The van der Waals surface area contributed by atoms with Crippen LogP contribution in [0.2, 0.25) is 0 Å². The van der Waals surface area contributed by atoms with Crippen LogP contribution in [0, 0.1) is 0 Å². The zero-order valence-electron chi connectivity index (χ0n) is 18.6. The Bertz CT molecular complexity index is 1260. The molecule has 1 unspecified atom stereocenters. The number of benzene rings is 2. The van der Waals surface area contributed by atoms with Gasteiger partial charge in [-0.1, -0.05) is 43.3 Å². The molecule has 9 heteroatoms. The van der Waals surface area contributed by atoms with E-state index in [1.807, 2.05) is 0 Å². The fourth-order valence-electron chi connectivity index (χ4n) is 4.11. The summed E-state index contributed by atoms with van der Waals surface area (Å²) in [5.74, 6) is -2.31. The number of esters is 2. The van der Waals surface area contributed by atoms with E-state index in [0.717, 1.165) is 0 Å². The number of fused-ring (bicyclic) bond motifs is 2. The second kappa shape index (κ2) is 9.30. The largest absolute Gasteiger partial charge is 0.463 e. The summed E-state index contributed by atoms with van der Waals surface area (Å²) < 4.78 is 10.5. The maximum Gasteiger partial charge on any atom is 0.339 e. The van der Waals surface area contributed by atoms with Gasteiger partial charge in [-0.25, -0.2) is 14.4 Å². The molecule has 2 aromatic carbocycles. The Morgan fingerprint density at radius 1 is 0.853 bits per heavy atom. The number of hydrogen-bond acceptors (Lipinski definition) is 7. The van der Waals surface area contributed by atoms with Gasteiger partial charge >= 0.3 is 18.0 Å². The monoisotopic (exact) mass is 462 g/mol. The highest BCUT2D eigenvalue weighted by atomic mass is 16.5. The Hall–Kier alpha value is -4.27. The van der Waals surface area contributed by atoms with Crippen LogP contribution in [0.25, 0.3) is 0 Å². The van der Waals surface area contributed by atoms with Crippen molar-refractivity contribution in [1.29, 1.82) is 0 Å². The average Bonchev–Trinajstić information content (AvgIpc) is 2.85. The van der Waals surface area contributed by atoms with Crippen LogP contribution in [0.3, 0.4) is 0 Å². The molecule has 0 radical (unpaired) electrons. The molecule has 0 aromatic heterocycles. The second-order valence-electron chi connectivity index (χ2n) is 7.68. The minimum atomic E-state index is -0.867. The van der Waals surface area contributed by atoms with Gasteiger partial charge in [-0.05, 0) is 19.4 Å². The molecule has 174 valence electrons. The smallest absolute Gasteiger partial charge is 0.339 e. The number of urea groups is 1. The molecule has 2 N–H and O–H groups in total. The van der Waals surface area contributed by atoms with Gasteiger partial charge in [0.2, 0.25) is 0 Å². The van der Waals surface area contributed by atoms with E-state index < -0.39 is 36.4 Å². The van der Waals surface area contributed by atoms with Crippen LogP contribution < -0.4 is 10.6 Å². The van der Waals surface area contributed by atoms with E-state index in [0.29, 0.717) is 6.42 Å². The van der Waals surface area contributed by atoms with Gasteiger partial charge in [-0.2, -0.15) is 0 Å². The molecule has 0 fully saturated rings. The fraction of sp³-hybridized carbons (Fsp3) is 0.240. The first kappa shape index (κ1) is 22.9. The Balaban J connectivity index is 1.65. The van der Waals surface area contributed by atoms with Gasteiger partial charge in [0.05, 0.1) is 29.5 Å². The first-order chi connectivity index (χ1) is 16.4. The van der Waals surface area contributed by atoms with Crippen molar-refractivity contribution in [2.45, 2.75) is 26.3 Å². The molecule has 0 spiro atoms. The van der Waals surface area contributed by atoms with E-state index in [2.05, 4.69) is 10.6 Å². The summed E-state index contributed by atoms with van der Waals surface area (Å²) in [7, 11) is 0. The maximum absolute atomic E-state index is 13.1. The van der Waals surface area contributed by atoms with Crippen LogP contribution in [-0.2, 0) is 14.3 Å². The third-order valence-electron chi connectivity index (χ3n) is 5.67. The molecule has 1 atom stereocenters. The highest BCUT2D eigenvalue weighted by Gasteiger charge is 2.35. The van der Waals surface area contributed by atoms with E-state index >= 15 is 0 Å².